The lowest BCUT2D eigenvalue weighted by Crippen LogP contribution is -2.44. The Morgan fingerprint density at radius 1 is 1.19 bits per heavy atom. The third-order valence-corrected chi connectivity index (χ3v) is 6.78. The molecule has 0 amide bonds. The van der Waals surface area contributed by atoms with Gasteiger partial charge in [-0.05, 0) is 62.4 Å². The maximum Gasteiger partial charge on any atom is 0.191 e. The fourth-order valence-electron chi connectivity index (χ4n) is 4.41. The van der Waals surface area contributed by atoms with Crippen molar-refractivity contribution >= 4 is 52.2 Å². The van der Waals surface area contributed by atoms with E-state index in [1.54, 1.807) is 0 Å². The third kappa shape index (κ3) is 5.96. The van der Waals surface area contributed by atoms with Gasteiger partial charge in [-0.1, -0.05) is 30.3 Å². The highest BCUT2D eigenvalue weighted by molar-refractivity contribution is 14.0. The van der Waals surface area contributed by atoms with Crippen molar-refractivity contribution in [3.8, 4) is 0 Å². The Hall–Kier alpha value is -1.71. The molecule has 2 N–H and O–H groups in total. The molecule has 1 aliphatic rings. The SMILES string of the molecule is CCNC(=NCc1cccc2cccnc12)NCC1CCCN(C)C1c1cccs1.I. The molecule has 166 valence electrons. The Morgan fingerprint density at radius 3 is 2.87 bits per heavy atom. The monoisotopic (exact) mass is 549 g/mol. The van der Waals surface area contributed by atoms with Crippen LogP contribution in [0.2, 0.25) is 0 Å². The summed E-state index contributed by atoms with van der Waals surface area (Å²) in [5.74, 6) is 1.45. The molecule has 5 nitrogen and oxygen atoms in total. The molecule has 1 aliphatic heterocycles. The van der Waals surface area contributed by atoms with Crippen LogP contribution in [0.3, 0.4) is 0 Å². The molecular weight excluding hydrogens is 517 g/mol. The second kappa shape index (κ2) is 11.8. The van der Waals surface area contributed by atoms with Crippen LogP contribution >= 0.6 is 35.3 Å². The quantitative estimate of drug-likeness (QED) is 0.257. The number of hydrogen-bond donors (Lipinski definition) is 2. The Balaban J connectivity index is 0.00000272. The number of thiophene rings is 1. The topological polar surface area (TPSA) is 52.6 Å². The first-order chi connectivity index (χ1) is 14.8. The highest BCUT2D eigenvalue weighted by atomic mass is 127. The average Bonchev–Trinajstić information content (AvgIpc) is 3.30. The number of aliphatic imine (C=N–C) groups is 1. The van der Waals surface area contributed by atoms with E-state index in [9.17, 15) is 0 Å². The molecule has 0 saturated carbocycles. The maximum atomic E-state index is 4.87. The normalized spacial score (nSPS) is 19.7. The summed E-state index contributed by atoms with van der Waals surface area (Å²) in [6.45, 7) is 5.66. The second-order valence-corrected chi connectivity index (χ2v) is 8.89. The van der Waals surface area contributed by atoms with E-state index >= 15 is 0 Å². The highest BCUT2D eigenvalue weighted by Crippen LogP contribution is 2.36. The van der Waals surface area contributed by atoms with Gasteiger partial charge in [0.1, 0.15) is 0 Å². The number of fused-ring (bicyclic) bond motifs is 1. The minimum atomic E-state index is 0. The Labute approximate surface area is 206 Å². The second-order valence-electron chi connectivity index (χ2n) is 7.91. The van der Waals surface area contributed by atoms with Crippen LogP contribution in [0.1, 0.15) is 36.2 Å². The minimum Gasteiger partial charge on any atom is -0.357 e. The molecule has 1 saturated heterocycles. The number of likely N-dealkylation sites (tertiary alicyclic amines) is 1. The number of hydrogen-bond acceptors (Lipinski definition) is 4. The van der Waals surface area contributed by atoms with Crippen LogP contribution in [-0.2, 0) is 6.54 Å². The smallest absolute Gasteiger partial charge is 0.191 e. The number of benzene rings is 1. The molecule has 4 rings (SSSR count). The minimum absolute atomic E-state index is 0. The van der Waals surface area contributed by atoms with E-state index in [-0.39, 0.29) is 24.0 Å². The van der Waals surface area contributed by atoms with Crippen molar-refractivity contribution in [1.29, 1.82) is 0 Å². The number of aromatic nitrogens is 1. The van der Waals surface area contributed by atoms with Crippen LogP contribution in [0.5, 0.6) is 0 Å². The van der Waals surface area contributed by atoms with E-state index in [4.69, 9.17) is 4.99 Å². The Bertz CT molecular complexity index is 970. The van der Waals surface area contributed by atoms with Crippen molar-refractivity contribution in [2.45, 2.75) is 32.4 Å². The van der Waals surface area contributed by atoms with E-state index in [1.807, 2.05) is 23.6 Å². The molecule has 0 aliphatic carbocycles. The number of para-hydroxylation sites is 1. The zero-order valence-corrected chi connectivity index (χ0v) is 21.4. The molecule has 2 unspecified atom stereocenters. The van der Waals surface area contributed by atoms with E-state index in [1.165, 1.54) is 24.3 Å². The molecule has 2 aromatic heterocycles. The van der Waals surface area contributed by atoms with Gasteiger partial charge in [-0.3, -0.25) is 9.88 Å². The van der Waals surface area contributed by atoms with Crippen LogP contribution in [0.15, 0.2) is 59.0 Å². The Kier molecular flexibility index (Phi) is 9.10. The van der Waals surface area contributed by atoms with Gasteiger partial charge in [0.05, 0.1) is 12.1 Å². The van der Waals surface area contributed by atoms with E-state index in [0.717, 1.165) is 35.5 Å². The predicted molar refractivity (Wildman–Crippen MR) is 142 cm³/mol. The summed E-state index contributed by atoms with van der Waals surface area (Å²) in [5.41, 5.74) is 2.19. The summed E-state index contributed by atoms with van der Waals surface area (Å²) < 4.78 is 0. The predicted octanol–water partition coefficient (Wildman–Crippen LogP) is 5.05. The lowest BCUT2D eigenvalue weighted by Gasteiger charge is -2.39. The summed E-state index contributed by atoms with van der Waals surface area (Å²) in [5, 5.41) is 10.4. The van der Waals surface area contributed by atoms with E-state index < -0.39 is 0 Å². The molecule has 0 spiro atoms. The van der Waals surface area contributed by atoms with E-state index in [2.05, 4.69) is 76.3 Å². The van der Waals surface area contributed by atoms with Gasteiger partial charge >= 0.3 is 0 Å². The van der Waals surface area contributed by atoms with Gasteiger partial charge in [-0.2, -0.15) is 0 Å². The standard InChI is InChI=1S/C24H31N5S.HI/c1-3-25-24(27-16-19-9-4-8-18-10-5-13-26-22(18)19)28-17-20-11-6-14-29(2)23(20)21-12-7-15-30-21;/h4-5,7-10,12-13,15,20,23H,3,6,11,14,16-17H2,1-2H3,(H2,25,27,28);1H. The van der Waals surface area contributed by atoms with Gasteiger partial charge in [0.2, 0.25) is 0 Å². The molecule has 1 aromatic carbocycles. The molecule has 31 heavy (non-hydrogen) atoms. The van der Waals surface area contributed by atoms with Gasteiger partial charge in [0, 0.05) is 35.6 Å². The number of piperidine rings is 1. The van der Waals surface area contributed by atoms with Crippen molar-refractivity contribution in [1.82, 2.24) is 20.5 Å². The largest absolute Gasteiger partial charge is 0.357 e. The van der Waals surface area contributed by atoms with Crippen LogP contribution in [0.25, 0.3) is 10.9 Å². The zero-order valence-electron chi connectivity index (χ0n) is 18.3. The fraction of sp³-hybridized carbons (Fsp3) is 0.417. The molecule has 0 radical (unpaired) electrons. The number of guanidine groups is 1. The fourth-order valence-corrected chi connectivity index (χ4v) is 5.39. The maximum absolute atomic E-state index is 4.87. The van der Waals surface area contributed by atoms with Crippen LogP contribution in [0, 0.1) is 5.92 Å². The summed E-state index contributed by atoms with van der Waals surface area (Å²) in [6.07, 6.45) is 4.34. The first kappa shape index (κ1) is 23.9. The molecule has 0 bridgehead atoms. The first-order valence-corrected chi connectivity index (χ1v) is 11.7. The number of nitrogens with zero attached hydrogens (tertiary/aromatic N) is 3. The van der Waals surface area contributed by atoms with Gasteiger partial charge in [-0.25, -0.2) is 4.99 Å². The summed E-state index contributed by atoms with van der Waals surface area (Å²) in [4.78, 5) is 13.4. The zero-order chi connectivity index (χ0) is 20.8. The van der Waals surface area contributed by atoms with Crippen molar-refractivity contribution in [2.75, 3.05) is 26.7 Å². The van der Waals surface area contributed by atoms with Crippen molar-refractivity contribution in [3.63, 3.8) is 0 Å². The lowest BCUT2D eigenvalue weighted by molar-refractivity contribution is 0.125. The van der Waals surface area contributed by atoms with Crippen molar-refractivity contribution in [3.05, 3.63) is 64.5 Å². The molecule has 7 heteroatoms. The summed E-state index contributed by atoms with van der Waals surface area (Å²) in [6, 6.07) is 15.3. The molecule has 3 aromatic rings. The van der Waals surface area contributed by atoms with Crippen LogP contribution in [-0.4, -0.2) is 42.5 Å². The summed E-state index contributed by atoms with van der Waals surface area (Å²) >= 11 is 1.87. The molecular formula is C24H32IN5S. The van der Waals surface area contributed by atoms with E-state index in [0.29, 0.717) is 18.5 Å². The highest BCUT2D eigenvalue weighted by Gasteiger charge is 2.31. The number of rotatable bonds is 6. The van der Waals surface area contributed by atoms with Crippen LogP contribution < -0.4 is 10.6 Å². The molecule has 2 atom stereocenters. The van der Waals surface area contributed by atoms with Gasteiger partial charge in [-0.15, -0.1) is 35.3 Å². The number of pyridine rings is 1. The third-order valence-electron chi connectivity index (χ3n) is 5.84. The number of halogens is 1. The molecule has 3 heterocycles. The Morgan fingerprint density at radius 2 is 2.06 bits per heavy atom. The number of nitrogens with one attached hydrogen (secondary N) is 2. The lowest BCUT2D eigenvalue weighted by atomic mass is 9.88. The van der Waals surface area contributed by atoms with Gasteiger partial charge in [0.15, 0.2) is 5.96 Å². The molecule has 1 fully saturated rings. The van der Waals surface area contributed by atoms with Gasteiger partial charge in [0.25, 0.3) is 0 Å². The van der Waals surface area contributed by atoms with Crippen LogP contribution in [0.4, 0.5) is 0 Å². The summed E-state index contributed by atoms with van der Waals surface area (Å²) in [7, 11) is 2.25. The van der Waals surface area contributed by atoms with Crippen molar-refractivity contribution < 1.29 is 0 Å². The average molecular weight is 550 g/mol. The van der Waals surface area contributed by atoms with Gasteiger partial charge < -0.3 is 10.6 Å². The first-order valence-electron chi connectivity index (χ1n) is 10.8. The van der Waals surface area contributed by atoms with Crippen molar-refractivity contribution in [2.24, 2.45) is 10.9 Å².